The van der Waals surface area contributed by atoms with E-state index in [9.17, 15) is 10.1 Å². The Balaban J connectivity index is 1.81. The van der Waals surface area contributed by atoms with Crippen molar-refractivity contribution in [1.29, 1.82) is 5.26 Å². The third-order valence-electron chi connectivity index (χ3n) is 4.51. The van der Waals surface area contributed by atoms with Crippen molar-refractivity contribution in [2.24, 2.45) is 0 Å². The lowest BCUT2D eigenvalue weighted by Crippen LogP contribution is -2.50. The smallest absolute Gasteiger partial charge is 0.235 e. The molecule has 0 aromatic rings. The second-order valence-corrected chi connectivity index (χ2v) is 6.07. The van der Waals surface area contributed by atoms with Crippen LogP contribution in [0.1, 0.15) is 45.4 Å². The van der Waals surface area contributed by atoms with Gasteiger partial charge in [-0.3, -0.25) is 9.69 Å². The summed E-state index contributed by atoms with van der Waals surface area (Å²) in [6.45, 7) is 5.36. The molecule has 0 aromatic carbocycles. The van der Waals surface area contributed by atoms with Gasteiger partial charge in [0.15, 0.2) is 0 Å². The Labute approximate surface area is 121 Å². The summed E-state index contributed by atoms with van der Waals surface area (Å²) in [4.78, 5) is 14.3. The molecule has 1 atom stereocenters. The lowest BCUT2D eigenvalue weighted by atomic mass is 10.00. The van der Waals surface area contributed by atoms with E-state index in [1.807, 2.05) is 0 Å². The molecule has 0 radical (unpaired) electrons. The second-order valence-electron chi connectivity index (χ2n) is 6.07. The van der Waals surface area contributed by atoms with E-state index in [1.165, 1.54) is 12.8 Å². The van der Waals surface area contributed by atoms with E-state index in [4.69, 9.17) is 0 Å². The summed E-state index contributed by atoms with van der Waals surface area (Å²) in [7, 11) is 0. The molecule has 2 N–H and O–H groups in total. The number of amides is 1. The number of nitriles is 1. The standard InChI is InChI=1S/C15H26N4O/c1-2-19(10-13-6-5-9-17-13)11-14(20)18-15(12-16)7-3-4-8-15/h13,17H,2-11H2,1H3,(H,18,20). The van der Waals surface area contributed by atoms with Crippen molar-refractivity contribution < 1.29 is 4.79 Å². The molecule has 2 aliphatic rings. The Morgan fingerprint density at radius 3 is 2.75 bits per heavy atom. The first-order valence-corrected chi connectivity index (χ1v) is 7.85. The highest BCUT2D eigenvalue weighted by Crippen LogP contribution is 2.28. The SMILES string of the molecule is CCN(CC(=O)NC1(C#N)CCCC1)CC1CCCN1. The fourth-order valence-electron chi connectivity index (χ4n) is 3.28. The topological polar surface area (TPSA) is 68.2 Å². The maximum absolute atomic E-state index is 12.2. The molecule has 0 spiro atoms. The summed E-state index contributed by atoms with van der Waals surface area (Å²) in [5.41, 5.74) is -0.595. The molecular weight excluding hydrogens is 252 g/mol. The molecule has 1 unspecified atom stereocenters. The van der Waals surface area contributed by atoms with Crippen molar-refractivity contribution in [2.45, 2.75) is 57.0 Å². The number of nitrogens with one attached hydrogen (secondary N) is 2. The first-order chi connectivity index (χ1) is 9.67. The first-order valence-electron chi connectivity index (χ1n) is 7.85. The molecule has 0 bridgehead atoms. The predicted octanol–water partition coefficient (Wildman–Crippen LogP) is 1.01. The molecular formula is C15H26N4O. The minimum Gasteiger partial charge on any atom is -0.337 e. The van der Waals surface area contributed by atoms with Crippen molar-refractivity contribution in [3.63, 3.8) is 0 Å². The van der Waals surface area contributed by atoms with Gasteiger partial charge in [0, 0.05) is 12.6 Å². The van der Waals surface area contributed by atoms with Gasteiger partial charge in [-0.2, -0.15) is 5.26 Å². The van der Waals surface area contributed by atoms with Gasteiger partial charge in [0.25, 0.3) is 0 Å². The minimum atomic E-state index is -0.595. The Morgan fingerprint density at radius 1 is 1.45 bits per heavy atom. The van der Waals surface area contributed by atoms with Crippen LogP contribution >= 0.6 is 0 Å². The summed E-state index contributed by atoms with van der Waals surface area (Å²) in [6.07, 6.45) is 6.10. The second kappa shape index (κ2) is 7.05. The van der Waals surface area contributed by atoms with Gasteiger partial charge in [0.2, 0.25) is 5.91 Å². The van der Waals surface area contributed by atoms with Crippen molar-refractivity contribution >= 4 is 5.91 Å². The molecule has 2 fully saturated rings. The Morgan fingerprint density at radius 2 is 2.20 bits per heavy atom. The van der Waals surface area contributed by atoms with Gasteiger partial charge in [-0.25, -0.2) is 0 Å². The molecule has 5 heteroatoms. The van der Waals surface area contributed by atoms with E-state index in [0.717, 1.165) is 45.3 Å². The fraction of sp³-hybridized carbons (Fsp3) is 0.867. The number of rotatable bonds is 6. The lowest BCUT2D eigenvalue weighted by molar-refractivity contribution is -0.123. The van der Waals surface area contributed by atoms with Crippen molar-refractivity contribution in [1.82, 2.24) is 15.5 Å². The van der Waals surface area contributed by atoms with Crippen LogP contribution in [-0.4, -0.2) is 48.6 Å². The van der Waals surface area contributed by atoms with Crippen LogP contribution in [0.4, 0.5) is 0 Å². The zero-order valence-electron chi connectivity index (χ0n) is 12.5. The zero-order valence-corrected chi connectivity index (χ0v) is 12.5. The number of likely N-dealkylation sites (N-methyl/N-ethyl adjacent to an activating group) is 1. The van der Waals surface area contributed by atoms with Gasteiger partial charge in [0.1, 0.15) is 5.54 Å². The van der Waals surface area contributed by atoms with Gasteiger partial charge < -0.3 is 10.6 Å². The molecule has 1 aliphatic heterocycles. The summed E-state index contributed by atoms with van der Waals surface area (Å²) < 4.78 is 0. The van der Waals surface area contributed by atoms with Crippen molar-refractivity contribution in [3.05, 3.63) is 0 Å². The van der Waals surface area contributed by atoms with E-state index >= 15 is 0 Å². The molecule has 0 aromatic heterocycles. The van der Waals surface area contributed by atoms with Crippen LogP contribution in [0, 0.1) is 11.3 Å². The summed E-state index contributed by atoms with van der Waals surface area (Å²) in [5, 5.41) is 15.7. The first kappa shape index (κ1) is 15.3. The van der Waals surface area contributed by atoms with Gasteiger partial charge in [-0.1, -0.05) is 6.92 Å². The normalized spacial score (nSPS) is 24.8. The van der Waals surface area contributed by atoms with Crippen LogP contribution in [0.2, 0.25) is 0 Å². The third kappa shape index (κ3) is 3.94. The van der Waals surface area contributed by atoms with Crippen LogP contribution in [0.15, 0.2) is 0 Å². The van der Waals surface area contributed by atoms with Gasteiger partial charge in [-0.15, -0.1) is 0 Å². The molecule has 1 aliphatic carbocycles. The largest absolute Gasteiger partial charge is 0.337 e. The highest BCUT2D eigenvalue weighted by molar-refractivity contribution is 5.79. The maximum atomic E-state index is 12.2. The number of hydrogen-bond acceptors (Lipinski definition) is 4. The lowest BCUT2D eigenvalue weighted by Gasteiger charge is -2.27. The fourth-order valence-corrected chi connectivity index (χ4v) is 3.28. The van der Waals surface area contributed by atoms with Crippen molar-refractivity contribution in [2.75, 3.05) is 26.2 Å². The quantitative estimate of drug-likeness (QED) is 0.761. The highest BCUT2D eigenvalue weighted by Gasteiger charge is 2.35. The maximum Gasteiger partial charge on any atom is 0.235 e. The molecule has 112 valence electrons. The summed E-state index contributed by atoms with van der Waals surface area (Å²) in [6, 6.07) is 2.82. The van der Waals surface area contributed by atoms with Crippen LogP contribution < -0.4 is 10.6 Å². The summed E-state index contributed by atoms with van der Waals surface area (Å²) in [5.74, 6) is -0.00621. The number of nitrogens with zero attached hydrogens (tertiary/aromatic N) is 2. The molecule has 1 amide bonds. The van der Waals surface area contributed by atoms with E-state index < -0.39 is 5.54 Å². The van der Waals surface area contributed by atoms with Crippen LogP contribution in [0.3, 0.4) is 0 Å². The zero-order chi connectivity index (χ0) is 14.4. The van der Waals surface area contributed by atoms with E-state index in [2.05, 4.69) is 28.5 Å². The van der Waals surface area contributed by atoms with E-state index in [-0.39, 0.29) is 5.91 Å². The number of carbonyl (C=O) groups excluding carboxylic acids is 1. The Bertz CT molecular complexity index is 365. The van der Waals surface area contributed by atoms with Crippen LogP contribution in [0.25, 0.3) is 0 Å². The predicted molar refractivity (Wildman–Crippen MR) is 78.1 cm³/mol. The molecule has 5 nitrogen and oxygen atoms in total. The third-order valence-corrected chi connectivity index (χ3v) is 4.51. The van der Waals surface area contributed by atoms with E-state index in [1.54, 1.807) is 0 Å². The summed E-state index contributed by atoms with van der Waals surface area (Å²) >= 11 is 0. The molecule has 20 heavy (non-hydrogen) atoms. The average Bonchev–Trinajstić information content (AvgIpc) is 3.10. The average molecular weight is 278 g/mol. The minimum absolute atomic E-state index is 0.00621. The van der Waals surface area contributed by atoms with Gasteiger partial charge in [0.05, 0.1) is 12.6 Å². The van der Waals surface area contributed by atoms with E-state index in [0.29, 0.717) is 12.6 Å². The number of carbonyl (C=O) groups is 1. The van der Waals surface area contributed by atoms with Crippen LogP contribution in [-0.2, 0) is 4.79 Å². The van der Waals surface area contributed by atoms with Crippen LogP contribution in [0.5, 0.6) is 0 Å². The Kier molecular flexibility index (Phi) is 5.38. The molecule has 1 heterocycles. The molecule has 1 saturated carbocycles. The van der Waals surface area contributed by atoms with Crippen molar-refractivity contribution in [3.8, 4) is 6.07 Å². The van der Waals surface area contributed by atoms with Gasteiger partial charge in [-0.05, 0) is 51.6 Å². The monoisotopic (exact) mass is 278 g/mol. The molecule has 1 saturated heterocycles. The Hall–Kier alpha value is -1.12. The highest BCUT2D eigenvalue weighted by atomic mass is 16.2. The molecule has 2 rings (SSSR count). The number of hydrogen-bond donors (Lipinski definition) is 2. The van der Waals surface area contributed by atoms with Gasteiger partial charge >= 0.3 is 0 Å².